The molecule has 0 fully saturated rings. The smallest absolute Gasteiger partial charge is 0.0660 e. The summed E-state index contributed by atoms with van der Waals surface area (Å²) in [5.41, 5.74) is 7.43. The highest BCUT2D eigenvalue weighted by atomic mass is 35.5. The number of nitrogens with zero attached hydrogens (tertiary/aromatic N) is 1. The number of rotatable bonds is 4. The van der Waals surface area contributed by atoms with Gasteiger partial charge in [-0.3, -0.25) is 0 Å². The molecule has 0 aliphatic rings. The second kappa shape index (κ2) is 5.44. The number of nitrogens with two attached hydrogens (primary N) is 1. The van der Waals surface area contributed by atoms with E-state index in [0.717, 1.165) is 17.1 Å². The standard InChI is InChI=1S/C13H21ClN2/c1-9(2)7-10(3)16(4)13-6-5-11(15)8-12(13)14/h5-6,8-10H,7,15H2,1-4H3. The van der Waals surface area contributed by atoms with Gasteiger partial charge in [-0.1, -0.05) is 25.4 Å². The van der Waals surface area contributed by atoms with Gasteiger partial charge in [-0.05, 0) is 37.5 Å². The Morgan fingerprint density at radius 3 is 2.44 bits per heavy atom. The summed E-state index contributed by atoms with van der Waals surface area (Å²) in [5.74, 6) is 0.685. The fraction of sp³-hybridized carbons (Fsp3) is 0.538. The van der Waals surface area contributed by atoms with E-state index in [0.29, 0.717) is 17.6 Å². The summed E-state index contributed by atoms with van der Waals surface area (Å²) >= 11 is 6.18. The molecule has 1 aromatic rings. The molecule has 16 heavy (non-hydrogen) atoms. The van der Waals surface area contributed by atoms with Gasteiger partial charge in [-0.25, -0.2) is 0 Å². The van der Waals surface area contributed by atoms with Crippen LogP contribution in [0.1, 0.15) is 27.2 Å². The summed E-state index contributed by atoms with van der Waals surface area (Å²) in [4.78, 5) is 2.21. The van der Waals surface area contributed by atoms with Crippen LogP contribution in [-0.4, -0.2) is 13.1 Å². The third kappa shape index (κ3) is 3.31. The highest BCUT2D eigenvalue weighted by Crippen LogP contribution is 2.29. The molecule has 90 valence electrons. The van der Waals surface area contributed by atoms with Gasteiger partial charge in [-0.15, -0.1) is 0 Å². The fourth-order valence-electron chi connectivity index (χ4n) is 1.89. The Morgan fingerprint density at radius 2 is 1.94 bits per heavy atom. The minimum atomic E-state index is 0.473. The number of nitrogen functional groups attached to an aromatic ring is 1. The summed E-state index contributed by atoms with van der Waals surface area (Å²) in [6.45, 7) is 6.68. The van der Waals surface area contributed by atoms with Crippen molar-refractivity contribution in [1.82, 2.24) is 0 Å². The number of hydrogen-bond acceptors (Lipinski definition) is 2. The van der Waals surface area contributed by atoms with Crippen molar-refractivity contribution in [3.8, 4) is 0 Å². The van der Waals surface area contributed by atoms with Crippen LogP contribution in [-0.2, 0) is 0 Å². The largest absolute Gasteiger partial charge is 0.399 e. The average molecular weight is 241 g/mol. The molecule has 0 saturated carbocycles. The maximum atomic E-state index is 6.18. The lowest BCUT2D eigenvalue weighted by atomic mass is 10.0. The topological polar surface area (TPSA) is 29.3 Å². The molecule has 2 nitrogen and oxygen atoms in total. The lowest BCUT2D eigenvalue weighted by Gasteiger charge is -2.29. The first-order valence-electron chi connectivity index (χ1n) is 5.69. The Bertz CT molecular complexity index is 350. The summed E-state index contributed by atoms with van der Waals surface area (Å²) in [5, 5.41) is 0.720. The first-order chi connectivity index (χ1) is 7.41. The van der Waals surface area contributed by atoms with Crippen molar-refractivity contribution < 1.29 is 0 Å². The Kier molecular flexibility index (Phi) is 4.48. The van der Waals surface area contributed by atoms with Gasteiger partial charge in [0.25, 0.3) is 0 Å². The summed E-state index contributed by atoms with van der Waals surface area (Å²) in [6.07, 6.45) is 1.15. The molecular formula is C13H21ClN2. The minimum absolute atomic E-state index is 0.473. The van der Waals surface area contributed by atoms with E-state index in [2.05, 4.69) is 32.7 Å². The number of anilines is 2. The quantitative estimate of drug-likeness (QED) is 0.812. The Balaban J connectivity index is 2.83. The SMILES string of the molecule is CC(C)CC(C)N(C)c1ccc(N)cc1Cl. The predicted molar refractivity (Wildman–Crippen MR) is 73.2 cm³/mol. The zero-order valence-electron chi connectivity index (χ0n) is 10.5. The molecule has 1 aromatic carbocycles. The first-order valence-corrected chi connectivity index (χ1v) is 6.07. The fourth-order valence-corrected chi connectivity index (χ4v) is 2.21. The normalized spacial score (nSPS) is 12.9. The Hall–Kier alpha value is -0.890. The van der Waals surface area contributed by atoms with Crippen molar-refractivity contribution in [2.75, 3.05) is 17.7 Å². The summed E-state index contributed by atoms with van der Waals surface area (Å²) in [7, 11) is 2.07. The molecule has 0 aliphatic carbocycles. The number of halogens is 1. The molecule has 0 amide bonds. The van der Waals surface area contributed by atoms with Crippen LogP contribution in [0, 0.1) is 5.92 Å². The molecule has 1 atom stereocenters. The third-order valence-corrected chi connectivity index (χ3v) is 3.13. The zero-order valence-corrected chi connectivity index (χ0v) is 11.3. The average Bonchev–Trinajstić information content (AvgIpc) is 2.15. The van der Waals surface area contributed by atoms with E-state index in [-0.39, 0.29) is 0 Å². The molecule has 1 unspecified atom stereocenters. The molecular weight excluding hydrogens is 220 g/mol. The van der Waals surface area contributed by atoms with E-state index in [1.54, 1.807) is 6.07 Å². The maximum absolute atomic E-state index is 6.18. The van der Waals surface area contributed by atoms with Crippen LogP contribution < -0.4 is 10.6 Å². The lowest BCUT2D eigenvalue weighted by molar-refractivity contribution is 0.504. The predicted octanol–water partition coefficient (Wildman–Crippen LogP) is 3.79. The minimum Gasteiger partial charge on any atom is -0.399 e. The molecule has 2 N–H and O–H groups in total. The van der Waals surface area contributed by atoms with Crippen LogP contribution in [0.5, 0.6) is 0 Å². The van der Waals surface area contributed by atoms with Gasteiger partial charge in [0, 0.05) is 18.8 Å². The van der Waals surface area contributed by atoms with E-state index in [9.17, 15) is 0 Å². The van der Waals surface area contributed by atoms with Crippen molar-refractivity contribution in [1.29, 1.82) is 0 Å². The van der Waals surface area contributed by atoms with E-state index >= 15 is 0 Å². The van der Waals surface area contributed by atoms with Crippen molar-refractivity contribution in [2.24, 2.45) is 5.92 Å². The van der Waals surface area contributed by atoms with Gasteiger partial charge < -0.3 is 10.6 Å². The molecule has 0 bridgehead atoms. The van der Waals surface area contributed by atoms with Crippen LogP contribution in [0.25, 0.3) is 0 Å². The molecule has 1 rings (SSSR count). The summed E-state index contributed by atoms with van der Waals surface area (Å²) in [6, 6.07) is 6.14. The second-order valence-corrected chi connectivity index (χ2v) is 5.21. The molecule has 0 saturated heterocycles. The van der Waals surface area contributed by atoms with Crippen LogP contribution in [0.4, 0.5) is 11.4 Å². The molecule has 0 aromatic heterocycles. The Labute approximate surface area is 103 Å². The number of hydrogen-bond donors (Lipinski definition) is 1. The number of benzene rings is 1. The van der Waals surface area contributed by atoms with Crippen molar-refractivity contribution in [3.63, 3.8) is 0 Å². The second-order valence-electron chi connectivity index (χ2n) is 4.80. The highest BCUT2D eigenvalue weighted by Gasteiger charge is 2.14. The molecule has 0 spiro atoms. The van der Waals surface area contributed by atoms with Gasteiger partial charge in [-0.2, -0.15) is 0 Å². The third-order valence-electron chi connectivity index (χ3n) is 2.83. The van der Waals surface area contributed by atoms with E-state index in [1.807, 2.05) is 12.1 Å². The van der Waals surface area contributed by atoms with E-state index in [4.69, 9.17) is 17.3 Å². The van der Waals surface area contributed by atoms with Gasteiger partial charge in [0.05, 0.1) is 10.7 Å². The molecule has 0 aliphatic heterocycles. The van der Waals surface area contributed by atoms with Crippen LogP contribution in [0.3, 0.4) is 0 Å². The zero-order chi connectivity index (χ0) is 12.3. The Morgan fingerprint density at radius 1 is 1.31 bits per heavy atom. The van der Waals surface area contributed by atoms with Gasteiger partial charge in [0.2, 0.25) is 0 Å². The highest BCUT2D eigenvalue weighted by molar-refractivity contribution is 6.33. The van der Waals surface area contributed by atoms with E-state index < -0.39 is 0 Å². The van der Waals surface area contributed by atoms with Crippen molar-refractivity contribution in [3.05, 3.63) is 23.2 Å². The lowest BCUT2D eigenvalue weighted by Crippen LogP contribution is -2.30. The molecule has 3 heteroatoms. The first kappa shape index (κ1) is 13.2. The van der Waals surface area contributed by atoms with Gasteiger partial charge in [0.15, 0.2) is 0 Å². The monoisotopic (exact) mass is 240 g/mol. The van der Waals surface area contributed by atoms with Crippen molar-refractivity contribution >= 4 is 23.0 Å². The maximum Gasteiger partial charge on any atom is 0.0660 e. The van der Waals surface area contributed by atoms with Gasteiger partial charge >= 0.3 is 0 Å². The van der Waals surface area contributed by atoms with Crippen molar-refractivity contribution in [2.45, 2.75) is 33.2 Å². The van der Waals surface area contributed by atoms with Gasteiger partial charge in [0.1, 0.15) is 0 Å². The van der Waals surface area contributed by atoms with Crippen LogP contribution in [0.2, 0.25) is 5.02 Å². The molecule has 0 radical (unpaired) electrons. The van der Waals surface area contributed by atoms with Crippen LogP contribution >= 0.6 is 11.6 Å². The van der Waals surface area contributed by atoms with Crippen LogP contribution in [0.15, 0.2) is 18.2 Å². The van der Waals surface area contributed by atoms with E-state index in [1.165, 1.54) is 0 Å². The summed E-state index contributed by atoms with van der Waals surface area (Å²) < 4.78 is 0. The molecule has 0 heterocycles.